The minimum absolute atomic E-state index is 1.02. The van der Waals surface area contributed by atoms with E-state index >= 15 is 0 Å². The van der Waals surface area contributed by atoms with Crippen molar-refractivity contribution in [2.75, 3.05) is 0 Å². The smallest absolute Gasteiger partial charge is 0.0684 e. The summed E-state index contributed by atoms with van der Waals surface area (Å²) >= 11 is 0. The molecule has 1 heteroatoms. The molecule has 0 amide bonds. The van der Waals surface area contributed by atoms with Crippen LogP contribution >= 0.6 is 0 Å². The van der Waals surface area contributed by atoms with Gasteiger partial charge in [-0.15, -0.1) is 0 Å². The Labute approximate surface area is 67.8 Å². The number of hydrogen-bond donors (Lipinski definition) is 0. The second-order valence-corrected chi connectivity index (χ2v) is 2.65. The first-order valence-electron chi connectivity index (χ1n) is 3.85. The highest BCUT2D eigenvalue weighted by Gasteiger charge is 1.99. The van der Waals surface area contributed by atoms with Crippen LogP contribution in [-0.4, -0.2) is 4.98 Å². The Morgan fingerprint density at radius 2 is 2.36 bits per heavy atom. The molecule has 0 spiro atoms. The summed E-state index contributed by atoms with van der Waals surface area (Å²) in [6, 6.07) is 4.06. The molecule has 0 radical (unpaired) electrons. The SMILES string of the molecule is C=C(C)c1ncccc1CC. The van der Waals surface area contributed by atoms with Gasteiger partial charge in [0.2, 0.25) is 0 Å². The van der Waals surface area contributed by atoms with Gasteiger partial charge in [-0.05, 0) is 30.5 Å². The zero-order valence-electron chi connectivity index (χ0n) is 7.09. The molecule has 0 saturated heterocycles. The van der Waals surface area contributed by atoms with Crippen molar-refractivity contribution in [2.45, 2.75) is 20.3 Å². The molecule has 0 atom stereocenters. The van der Waals surface area contributed by atoms with Crippen LogP contribution in [0, 0.1) is 0 Å². The van der Waals surface area contributed by atoms with Gasteiger partial charge < -0.3 is 0 Å². The quantitative estimate of drug-likeness (QED) is 0.626. The van der Waals surface area contributed by atoms with E-state index in [1.54, 1.807) is 0 Å². The molecular weight excluding hydrogens is 134 g/mol. The highest BCUT2D eigenvalue weighted by molar-refractivity contribution is 5.60. The molecule has 0 unspecified atom stereocenters. The molecule has 0 bridgehead atoms. The molecule has 1 rings (SSSR count). The molecule has 11 heavy (non-hydrogen) atoms. The number of aryl methyl sites for hydroxylation is 1. The van der Waals surface area contributed by atoms with E-state index in [1.165, 1.54) is 5.56 Å². The summed E-state index contributed by atoms with van der Waals surface area (Å²) in [6.45, 7) is 7.99. The maximum absolute atomic E-state index is 4.25. The highest BCUT2D eigenvalue weighted by atomic mass is 14.7. The lowest BCUT2D eigenvalue weighted by Gasteiger charge is -2.03. The van der Waals surface area contributed by atoms with Crippen molar-refractivity contribution >= 4 is 5.57 Å². The second kappa shape index (κ2) is 3.33. The van der Waals surface area contributed by atoms with Crippen LogP contribution < -0.4 is 0 Å². The third kappa shape index (κ3) is 1.67. The van der Waals surface area contributed by atoms with Gasteiger partial charge in [-0.1, -0.05) is 19.6 Å². The lowest BCUT2D eigenvalue weighted by atomic mass is 10.1. The Balaban J connectivity index is 3.12. The molecule has 1 nitrogen and oxygen atoms in total. The topological polar surface area (TPSA) is 12.9 Å². The lowest BCUT2D eigenvalue weighted by Crippen LogP contribution is -1.91. The van der Waals surface area contributed by atoms with Crippen LogP contribution in [0.15, 0.2) is 24.9 Å². The average molecular weight is 147 g/mol. The molecular formula is C10H13N. The van der Waals surface area contributed by atoms with Gasteiger partial charge in [0.25, 0.3) is 0 Å². The van der Waals surface area contributed by atoms with Crippen molar-refractivity contribution in [2.24, 2.45) is 0 Å². The summed E-state index contributed by atoms with van der Waals surface area (Å²) in [4.78, 5) is 4.25. The first kappa shape index (κ1) is 7.99. The molecule has 1 heterocycles. The second-order valence-electron chi connectivity index (χ2n) is 2.65. The minimum Gasteiger partial charge on any atom is -0.256 e. The van der Waals surface area contributed by atoms with E-state index < -0.39 is 0 Å². The van der Waals surface area contributed by atoms with Crippen molar-refractivity contribution in [1.29, 1.82) is 0 Å². The maximum atomic E-state index is 4.25. The summed E-state index contributed by atoms with van der Waals surface area (Å²) in [5.74, 6) is 0. The Hall–Kier alpha value is -1.11. The number of hydrogen-bond acceptors (Lipinski definition) is 1. The fraction of sp³-hybridized carbons (Fsp3) is 0.300. The van der Waals surface area contributed by atoms with Crippen LogP contribution in [0.4, 0.5) is 0 Å². The fourth-order valence-corrected chi connectivity index (χ4v) is 1.11. The van der Waals surface area contributed by atoms with Gasteiger partial charge in [0.1, 0.15) is 0 Å². The lowest BCUT2D eigenvalue weighted by molar-refractivity contribution is 1.08. The summed E-state index contributed by atoms with van der Waals surface area (Å²) < 4.78 is 0. The van der Waals surface area contributed by atoms with Gasteiger partial charge in [0.15, 0.2) is 0 Å². The number of aromatic nitrogens is 1. The van der Waals surface area contributed by atoms with Crippen LogP contribution in [0.1, 0.15) is 25.1 Å². The Morgan fingerprint density at radius 3 is 2.82 bits per heavy atom. The monoisotopic (exact) mass is 147 g/mol. The van der Waals surface area contributed by atoms with Crippen molar-refractivity contribution < 1.29 is 0 Å². The number of rotatable bonds is 2. The van der Waals surface area contributed by atoms with E-state index in [-0.39, 0.29) is 0 Å². The summed E-state index contributed by atoms with van der Waals surface area (Å²) in [6.07, 6.45) is 2.83. The van der Waals surface area contributed by atoms with Gasteiger partial charge in [0, 0.05) is 6.20 Å². The van der Waals surface area contributed by atoms with Crippen LogP contribution in [0.3, 0.4) is 0 Å². The van der Waals surface area contributed by atoms with Crippen molar-refractivity contribution in [1.82, 2.24) is 4.98 Å². The van der Waals surface area contributed by atoms with Crippen LogP contribution in [0.25, 0.3) is 5.57 Å². The Kier molecular flexibility index (Phi) is 2.42. The van der Waals surface area contributed by atoms with E-state index in [2.05, 4.69) is 24.6 Å². The molecule has 1 aromatic rings. The van der Waals surface area contributed by atoms with E-state index in [0.717, 1.165) is 17.7 Å². The minimum atomic E-state index is 1.02. The maximum Gasteiger partial charge on any atom is 0.0684 e. The third-order valence-electron chi connectivity index (χ3n) is 1.68. The molecule has 1 aromatic heterocycles. The van der Waals surface area contributed by atoms with Gasteiger partial charge >= 0.3 is 0 Å². The van der Waals surface area contributed by atoms with Gasteiger partial charge in [-0.2, -0.15) is 0 Å². The standard InChI is InChI=1S/C10H13N/c1-4-9-6-5-7-11-10(9)8(2)3/h5-7H,2,4H2,1,3H3. The predicted molar refractivity (Wildman–Crippen MR) is 48.3 cm³/mol. The summed E-state index contributed by atoms with van der Waals surface area (Å²) in [5, 5.41) is 0. The summed E-state index contributed by atoms with van der Waals surface area (Å²) in [5.41, 5.74) is 3.37. The van der Waals surface area contributed by atoms with E-state index in [9.17, 15) is 0 Å². The number of pyridine rings is 1. The van der Waals surface area contributed by atoms with Crippen molar-refractivity contribution in [3.8, 4) is 0 Å². The number of allylic oxidation sites excluding steroid dienone is 1. The van der Waals surface area contributed by atoms with E-state index in [0.29, 0.717) is 0 Å². The van der Waals surface area contributed by atoms with Crippen LogP contribution in [-0.2, 0) is 6.42 Å². The van der Waals surface area contributed by atoms with Crippen molar-refractivity contribution in [3.05, 3.63) is 36.2 Å². The molecule has 0 aliphatic rings. The largest absolute Gasteiger partial charge is 0.256 e. The van der Waals surface area contributed by atoms with Crippen LogP contribution in [0.5, 0.6) is 0 Å². The first-order chi connectivity index (χ1) is 5.25. The number of nitrogens with zero attached hydrogens (tertiary/aromatic N) is 1. The van der Waals surface area contributed by atoms with Crippen molar-refractivity contribution in [3.63, 3.8) is 0 Å². The average Bonchev–Trinajstić information content (AvgIpc) is 2.04. The van der Waals surface area contributed by atoms with Gasteiger partial charge in [0.05, 0.1) is 5.69 Å². The Bertz CT molecular complexity index is 263. The van der Waals surface area contributed by atoms with Crippen LogP contribution in [0.2, 0.25) is 0 Å². The summed E-state index contributed by atoms with van der Waals surface area (Å²) in [7, 11) is 0. The molecule has 58 valence electrons. The normalized spacial score (nSPS) is 9.64. The first-order valence-corrected chi connectivity index (χ1v) is 3.85. The predicted octanol–water partition coefficient (Wildman–Crippen LogP) is 2.68. The molecule has 0 saturated carbocycles. The highest BCUT2D eigenvalue weighted by Crippen LogP contribution is 2.13. The molecule has 0 aliphatic heterocycles. The molecule has 0 fully saturated rings. The van der Waals surface area contributed by atoms with Gasteiger partial charge in [-0.25, -0.2) is 0 Å². The molecule has 0 aromatic carbocycles. The van der Waals surface area contributed by atoms with E-state index in [4.69, 9.17) is 0 Å². The zero-order chi connectivity index (χ0) is 8.27. The molecule has 0 aliphatic carbocycles. The zero-order valence-corrected chi connectivity index (χ0v) is 7.09. The third-order valence-corrected chi connectivity index (χ3v) is 1.68. The Morgan fingerprint density at radius 1 is 1.64 bits per heavy atom. The molecule has 0 N–H and O–H groups in total. The van der Waals surface area contributed by atoms with E-state index in [1.807, 2.05) is 19.2 Å². The fourth-order valence-electron chi connectivity index (χ4n) is 1.11. The van der Waals surface area contributed by atoms with Gasteiger partial charge in [-0.3, -0.25) is 4.98 Å².